The van der Waals surface area contributed by atoms with Gasteiger partial charge in [0.25, 0.3) is 0 Å². The van der Waals surface area contributed by atoms with Gasteiger partial charge >= 0.3 is 0 Å². The van der Waals surface area contributed by atoms with Crippen LogP contribution in [0.4, 0.5) is 5.69 Å². The van der Waals surface area contributed by atoms with E-state index in [0.717, 1.165) is 16.1 Å². The molecule has 0 bridgehead atoms. The molecule has 1 atom stereocenters. The van der Waals surface area contributed by atoms with E-state index in [1.807, 2.05) is 20.8 Å². The zero-order chi connectivity index (χ0) is 27.4. The Hall–Kier alpha value is -3.47. The second kappa shape index (κ2) is 11.3. The highest BCUT2D eigenvalue weighted by molar-refractivity contribution is 7.92. The number of carbonyl (C=O) groups is 2. The number of rotatable bonds is 9. The van der Waals surface area contributed by atoms with Gasteiger partial charge in [0.2, 0.25) is 21.8 Å². The molecule has 1 N–H and O–H groups in total. The number of hydrogen-bond acceptors (Lipinski definition) is 7. The quantitative estimate of drug-likeness (QED) is 0.527. The average molecular weight is 534 g/mol. The molecule has 11 heteroatoms. The van der Waals surface area contributed by atoms with Crippen LogP contribution in [-0.4, -0.2) is 69.8 Å². The van der Waals surface area contributed by atoms with Crippen molar-refractivity contribution in [2.24, 2.45) is 0 Å². The smallest absolute Gasteiger partial charge is 0.244 e. The Kier molecular flexibility index (Phi) is 8.57. The molecule has 0 spiro atoms. The summed E-state index contributed by atoms with van der Waals surface area (Å²) in [6, 6.07) is 11.0. The molecule has 2 aromatic rings. The Morgan fingerprint density at radius 2 is 1.68 bits per heavy atom. The first-order chi connectivity index (χ1) is 17.3. The number of carbonyl (C=O) groups excluding carboxylic acids is 2. The molecule has 1 aliphatic heterocycles. The zero-order valence-electron chi connectivity index (χ0n) is 22.1. The van der Waals surface area contributed by atoms with Gasteiger partial charge in [-0.2, -0.15) is 0 Å². The number of ether oxygens (including phenoxy) is 3. The van der Waals surface area contributed by atoms with Gasteiger partial charge < -0.3 is 24.4 Å². The second-order valence-corrected chi connectivity index (χ2v) is 11.8. The van der Waals surface area contributed by atoms with Crippen molar-refractivity contribution in [1.29, 1.82) is 0 Å². The largest absolute Gasteiger partial charge is 0.497 e. The predicted molar refractivity (Wildman–Crippen MR) is 141 cm³/mol. The van der Waals surface area contributed by atoms with Crippen molar-refractivity contribution in [3.8, 4) is 17.2 Å². The minimum atomic E-state index is -3.86. The highest BCUT2D eigenvalue weighted by atomic mass is 32.2. The van der Waals surface area contributed by atoms with Crippen LogP contribution >= 0.6 is 0 Å². The summed E-state index contributed by atoms with van der Waals surface area (Å²) in [6.07, 6.45) is 1.03. The van der Waals surface area contributed by atoms with Gasteiger partial charge in [0.1, 0.15) is 31.5 Å². The van der Waals surface area contributed by atoms with Crippen molar-refractivity contribution in [2.45, 2.75) is 45.8 Å². The fourth-order valence-electron chi connectivity index (χ4n) is 3.79. The molecular formula is C26H35N3O7S. The maximum atomic E-state index is 13.7. The van der Waals surface area contributed by atoms with Crippen LogP contribution in [0.2, 0.25) is 0 Å². The van der Waals surface area contributed by atoms with Crippen molar-refractivity contribution < 1.29 is 32.2 Å². The van der Waals surface area contributed by atoms with Gasteiger partial charge in [0, 0.05) is 18.2 Å². The van der Waals surface area contributed by atoms with E-state index in [4.69, 9.17) is 14.2 Å². The number of hydrogen-bond donors (Lipinski definition) is 1. The molecule has 37 heavy (non-hydrogen) atoms. The van der Waals surface area contributed by atoms with Gasteiger partial charge in [-0.15, -0.1) is 0 Å². The number of sulfonamides is 1. The number of methoxy groups -OCH3 is 1. The van der Waals surface area contributed by atoms with Crippen LogP contribution in [0.1, 0.15) is 33.3 Å². The van der Waals surface area contributed by atoms with Crippen LogP contribution in [0.5, 0.6) is 17.2 Å². The minimum Gasteiger partial charge on any atom is -0.497 e. The third kappa shape index (κ3) is 7.51. The third-order valence-corrected chi connectivity index (χ3v) is 6.81. The molecule has 0 unspecified atom stereocenters. The molecule has 0 saturated heterocycles. The summed E-state index contributed by atoms with van der Waals surface area (Å²) in [5, 5.41) is 2.89. The van der Waals surface area contributed by atoms with Crippen LogP contribution < -0.4 is 23.8 Å². The first-order valence-electron chi connectivity index (χ1n) is 11.9. The van der Waals surface area contributed by atoms with E-state index in [1.54, 1.807) is 50.4 Å². The fourth-order valence-corrected chi connectivity index (χ4v) is 4.63. The Bertz CT molecular complexity index is 1220. The lowest BCUT2D eigenvalue weighted by atomic mass is 10.1. The fraction of sp³-hybridized carbons (Fsp3) is 0.462. The Morgan fingerprint density at radius 3 is 2.24 bits per heavy atom. The van der Waals surface area contributed by atoms with Gasteiger partial charge in [-0.3, -0.25) is 13.9 Å². The molecule has 1 aliphatic rings. The Labute approximate surface area is 218 Å². The lowest BCUT2D eigenvalue weighted by Crippen LogP contribution is -2.54. The highest BCUT2D eigenvalue weighted by Gasteiger charge is 2.32. The minimum absolute atomic E-state index is 0.0975. The van der Waals surface area contributed by atoms with Crippen LogP contribution in [-0.2, 0) is 26.2 Å². The molecule has 0 aliphatic carbocycles. The maximum Gasteiger partial charge on any atom is 0.244 e. The van der Waals surface area contributed by atoms with E-state index in [0.29, 0.717) is 30.5 Å². The van der Waals surface area contributed by atoms with E-state index in [1.165, 1.54) is 11.0 Å². The topological polar surface area (TPSA) is 114 Å². The molecule has 1 heterocycles. The average Bonchev–Trinajstić information content (AvgIpc) is 2.83. The summed E-state index contributed by atoms with van der Waals surface area (Å²) in [6.45, 7) is 7.50. The summed E-state index contributed by atoms with van der Waals surface area (Å²) in [4.78, 5) is 28.1. The van der Waals surface area contributed by atoms with Crippen molar-refractivity contribution >= 4 is 27.5 Å². The van der Waals surface area contributed by atoms with E-state index in [2.05, 4.69) is 5.32 Å². The third-order valence-electron chi connectivity index (χ3n) is 5.67. The van der Waals surface area contributed by atoms with Gasteiger partial charge in [-0.1, -0.05) is 12.1 Å². The van der Waals surface area contributed by atoms with Crippen molar-refractivity contribution in [1.82, 2.24) is 10.2 Å². The summed E-state index contributed by atoms with van der Waals surface area (Å²) < 4.78 is 42.9. The van der Waals surface area contributed by atoms with E-state index in [-0.39, 0.29) is 18.1 Å². The van der Waals surface area contributed by atoms with Gasteiger partial charge in [-0.05, 0) is 57.5 Å². The molecular weight excluding hydrogens is 498 g/mol. The summed E-state index contributed by atoms with van der Waals surface area (Å²) >= 11 is 0. The second-order valence-electron chi connectivity index (χ2n) is 9.88. The number of amides is 2. The molecule has 0 fully saturated rings. The number of benzene rings is 2. The number of fused-ring (bicyclic) bond motifs is 1. The molecule has 202 valence electrons. The standard InChI is InChI=1S/C26H35N3O7S/c1-18(25(31)27-26(2,3)4)28(16-19-7-10-21(34-5)11-8-19)24(30)17-29(37(6,32)33)20-9-12-22-23(15-20)36-14-13-35-22/h7-12,15,18H,13-14,16-17H2,1-6H3,(H,27,31)/t18-/m1/s1. The molecule has 10 nitrogen and oxygen atoms in total. The van der Waals surface area contributed by atoms with E-state index >= 15 is 0 Å². The predicted octanol–water partition coefficient (Wildman–Crippen LogP) is 2.56. The SMILES string of the molecule is COc1ccc(CN(C(=O)CN(c2ccc3c(c2)OCCO3)S(C)(=O)=O)[C@H](C)C(=O)NC(C)(C)C)cc1. The van der Waals surface area contributed by atoms with Crippen LogP contribution in [0.3, 0.4) is 0 Å². The van der Waals surface area contributed by atoms with Crippen LogP contribution in [0.15, 0.2) is 42.5 Å². The number of nitrogens with one attached hydrogen (secondary N) is 1. The summed E-state index contributed by atoms with van der Waals surface area (Å²) in [5.41, 5.74) is 0.510. The van der Waals surface area contributed by atoms with Crippen LogP contribution in [0.25, 0.3) is 0 Å². The maximum absolute atomic E-state index is 13.7. The Morgan fingerprint density at radius 1 is 1.05 bits per heavy atom. The summed E-state index contributed by atoms with van der Waals surface area (Å²) in [5.74, 6) is 0.676. The zero-order valence-corrected chi connectivity index (χ0v) is 22.9. The molecule has 2 aromatic carbocycles. The summed E-state index contributed by atoms with van der Waals surface area (Å²) in [7, 11) is -2.30. The lowest BCUT2D eigenvalue weighted by molar-refractivity contribution is -0.140. The molecule has 3 rings (SSSR count). The first kappa shape index (κ1) is 28.1. The van der Waals surface area contributed by atoms with Crippen molar-refractivity contribution in [3.05, 3.63) is 48.0 Å². The van der Waals surface area contributed by atoms with Crippen molar-refractivity contribution in [2.75, 3.05) is 37.4 Å². The van der Waals surface area contributed by atoms with Gasteiger partial charge in [0.15, 0.2) is 11.5 Å². The lowest BCUT2D eigenvalue weighted by Gasteiger charge is -2.33. The number of nitrogens with zero attached hydrogens (tertiary/aromatic N) is 2. The first-order valence-corrected chi connectivity index (χ1v) is 13.7. The number of anilines is 1. The molecule has 0 saturated carbocycles. The molecule has 0 aromatic heterocycles. The monoisotopic (exact) mass is 533 g/mol. The van der Waals surface area contributed by atoms with E-state index in [9.17, 15) is 18.0 Å². The Balaban J connectivity index is 1.92. The van der Waals surface area contributed by atoms with Gasteiger partial charge in [-0.25, -0.2) is 8.42 Å². The highest BCUT2D eigenvalue weighted by Crippen LogP contribution is 2.34. The van der Waals surface area contributed by atoms with Gasteiger partial charge in [0.05, 0.1) is 19.1 Å². The molecule has 0 radical (unpaired) electrons. The van der Waals surface area contributed by atoms with E-state index < -0.39 is 34.1 Å². The van der Waals surface area contributed by atoms with Crippen molar-refractivity contribution in [3.63, 3.8) is 0 Å². The van der Waals surface area contributed by atoms with Crippen LogP contribution in [0, 0.1) is 0 Å². The molecule has 2 amide bonds. The normalized spacial score (nSPS) is 13.9.